The predicted molar refractivity (Wildman–Crippen MR) is 147 cm³/mol. The van der Waals surface area contributed by atoms with Crippen LogP contribution in [0.2, 0.25) is 0 Å². The number of H-pyrrole nitrogens is 2. The van der Waals surface area contributed by atoms with Crippen LogP contribution in [0.3, 0.4) is 0 Å². The third-order valence-corrected chi connectivity index (χ3v) is 7.39. The molecule has 200 valence electrons. The fraction of sp³-hybridized carbons (Fsp3) is 0.250. The summed E-state index contributed by atoms with van der Waals surface area (Å²) in [5, 5.41) is 10.4. The van der Waals surface area contributed by atoms with Crippen molar-refractivity contribution < 1.29 is 9.18 Å². The zero-order valence-corrected chi connectivity index (χ0v) is 21.6. The highest BCUT2D eigenvalue weighted by Crippen LogP contribution is 2.34. The van der Waals surface area contributed by atoms with E-state index in [0.717, 1.165) is 37.1 Å². The molecule has 0 aromatic carbocycles. The molecular formula is C28H25FN10O. The number of aromatic amines is 2. The first-order valence-corrected chi connectivity index (χ1v) is 13.2. The molecule has 1 aliphatic carbocycles. The number of aromatic nitrogens is 9. The van der Waals surface area contributed by atoms with Crippen molar-refractivity contribution in [3.05, 3.63) is 61.1 Å². The lowest BCUT2D eigenvalue weighted by Gasteiger charge is -2.20. The number of aryl methyl sites for hydroxylation is 1. The fourth-order valence-electron chi connectivity index (χ4n) is 5.37. The van der Waals surface area contributed by atoms with E-state index < -0.39 is 5.82 Å². The minimum atomic E-state index is -0.567. The number of carbonyl (C=O) groups is 1. The maximum atomic E-state index is 16.1. The van der Waals surface area contributed by atoms with Gasteiger partial charge in [-0.25, -0.2) is 14.4 Å². The smallest absolute Gasteiger partial charge is 0.227 e. The van der Waals surface area contributed by atoms with Crippen molar-refractivity contribution in [2.75, 3.05) is 5.32 Å². The van der Waals surface area contributed by atoms with Crippen LogP contribution in [0.25, 0.3) is 50.4 Å². The van der Waals surface area contributed by atoms with E-state index in [1.165, 1.54) is 18.8 Å². The Morgan fingerprint density at radius 1 is 1.02 bits per heavy atom. The van der Waals surface area contributed by atoms with Crippen molar-refractivity contribution in [1.29, 1.82) is 0 Å². The molecule has 6 aromatic heterocycles. The Balaban J connectivity index is 1.26. The van der Waals surface area contributed by atoms with Crippen molar-refractivity contribution in [2.45, 2.75) is 39.0 Å². The van der Waals surface area contributed by atoms with Gasteiger partial charge < -0.3 is 14.9 Å². The predicted octanol–water partition coefficient (Wildman–Crippen LogP) is 5.11. The molecule has 7 rings (SSSR count). The molecule has 12 heteroatoms. The summed E-state index contributed by atoms with van der Waals surface area (Å²) in [5.74, 6) is -0.212. The van der Waals surface area contributed by atoms with E-state index in [9.17, 15) is 4.79 Å². The van der Waals surface area contributed by atoms with Gasteiger partial charge in [0.15, 0.2) is 11.6 Å². The molecule has 1 amide bonds. The van der Waals surface area contributed by atoms with Crippen LogP contribution in [0, 0.1) is 18.7 Å². The Morgan fingerprint density at radius 3 is 2.70 bits per heavy atom. The van der Waals surface area contributed by atoms with Crippen molar-refractivity contribution >= 4 is 33.5 Å². The first-order chi connectivity index (χ1) is 19.5. The Morgan fingerprint density at radius 2 is 1.88 bits per heavy atom. The molecule has 0 spiro atoms. The maximum Gasteiger partial charge on any atom is 0.227 e. The monoisotopic (exact) mass is 536 g/mol. The first kappa shape index (κ1) is 24.1. The summed E-state index contributed by atoms with van der Waals surface area (Å²) in [4.78, 5) is 37.9. The lowest BCUT2D eigenvalue weighted by atomic mass is 9.88. The van der Waals surface area contributed by atoms with Gasteiger partial charge in [-0.1, -0.05) is 19.3 Å². The minimum Gasteiger partial charge on any atom is -0.335 e. The third-order valence-electron chi connectivity index (χ3n) is 7.39. The second-order valence-electron chi connectivity index (χ2n) is 10.1. The van der Waals surface area contributed by atoms with Crippen molar-refractivity contribution in [3.63, 3.8) is 0 Å². The van der Waals surface area contributed by atoms with Gasteiger partial charge in [0, 0.05) is 23.9 Å². The van der Waals surface area contributed by atoms with Crippen LogP contribution >= 0.6 is 0 Å². The van der Waals surface area contributed by atoms with Gasteiger partial charge in [-0.05, 0) is 25.8 Å². The zero-order chi connectivity index (χ0) is 27.2. The van der Waals surface area contributed by atoms with Gasteiger partial charge in [0.05, 0.1) is 64.6 Å². The van der Waals surface area contributed by atoms with Crippen LogP contribution in [0.5, 0.6) is 0 Å². The number of carbonyl (C=O) groups excluding carboxylic acids is 1. The summed E-state index contributed by atoms with van der Waals surface area (Å²) in [6, 6.07) is 1.69. The Hall–Kier alpha value is -5.00. The summed E-state index contributed by atoms with van der Waals surface area (Å²) in [6.45, 7) is 1.90. The number of rotatable bonds is 5. The molecule has 1 aliphatic rings. The number of nitrogens with zero attached hydrogens (tertiary/aromatic N) is 7. The number of fused-ring (bicyclic) bond motifs is 2. The van der Waals surface area contributed by atoms with Crippen LogP contribution in [0.15, 0.2) is 49.6 Å². The van der Waals surface area contributed by atoms with E-state index in [-0.39, 0.29) is 22.9 Å². The molecule has 0 aliphatic heterocycles. The molecule has 6 heterocycles. The van der Waals surface area contributed by atoms with Gasteiger partial charge in [0.25, 0.3) is 0 Å². The molecule has 1 fully saturated rings. The first-order valence-electron chi connectivity index (χ1n) is 13.2. The van der Waals surface area contributed by atoms with Gasteiger partial charge in [-0.3, -0.25) is 24.8 Å². The van der Waals surface area contributed by atoms with E-state index in [1.807, 2.05) is 17.7 Å². The highest BCUT2D eigenvalue weighted by atomic mass is 19.1. The molecule has 0 bridgehead atoms. The van der Waals surface area contributed by atoms with Gasteiger partial charge >= 0.3 is 0 Å². The van der Waals surface area contributed by atoms with E-state index >= 15 is 4.39 Å². The SMILES string of the molecule is Cc1cn(-c2cncc3[nH]c(-c4n[nH]c5cnc(-c6cncc(NC(=O)C7CCCCC7)c6)c(F)c45)nc23)cn1. The van der Waals surface area contributed by atoms with Gasteiger partial charge in [-0.15, -0.1) is 0 Å². The van der Waals surface area contributed by atoms with Gasteiger partial charge in [0.1, 0.15) is 16.9 Å². The van der Waals surface area contributed by atoms with Crippen LogP contribution in [0.1, 0.15) is 37.8 Å². The molecule has 1 saturated carbocycles. The Kier molecular flexibility index (Phi) is 5.80. The second-order valence-corrected chi connectivity index (χ2v) is 10.1. The number of hydrogen-bond acceptors (Lipinski definition) is 7. The minimum absolute atomic E-state index is 0.00516. The Bertz CT molecular complexity index is 1880. The number of nitrogens with one attached hydrogen (secondary N) is 3. The van der Waals surface area contributed by atoms with Crippen LogP contribution in [-0.4, -0.2) is 50.6 Å². The lowest BCUT2D eigenvalue weighted by Crippen LogP contribution is -2.24. The largest absolute Gasteiger partial charge is 0.335 e. The molecule has 0 atom stereocenters. The van der Waals surface area contributed by atoms with Crippen LogP contribution in [0.4, 0.5) is 10.1 Å². The van der Waals surface area contributed by atoms with Gasteiger partial charge in [-0.2, -0.15) is 5.10 Å². The highest BCUT2D eigenvalue weighted by molar-refractivity contribution is 5.97. The summed E-state index contributed by atoms with van der Waals surface area (Å²) >= 11 is 0. The van der Waals surface area contributed by atoms with Crippen molar-refractivity contribution in [3.8, 4) is 28.5 Å². The zero-order valence-electron chi connectivity index (χ0n) is 21.6. The lowest BCUT2D eigenvalue weighted by molar-refractivity contribution is -0.120. The van der Waals surface area contributed by atoms with Crippen LogP contribution < -0.4 is 5.32 Å². The number of pyridine rings is 3. The molecule has 11 nitrogen and oxygen atoms in total. The standard InChI is InChI=1S/C28H25FN10O/c1-15-13-39(14-33-15)21-12-31-10-20-25(21)36-27(35-20)26-22-19(37-38-26)11-32-24(23(22)29)17-7-18(9-30-8-17)34-28(40)16-5-3-2-4-6-16/h7-14,16H,2-6H2,1H3,(H,34,40)(H,35,36)(H,37,38). The number of hydrogen-bond donors (Lipinski definition) is 3. The summed E-state index contributed by atoms with van der Waals surface area (Å²) in [5.41, 5.74) is 4.72. The molecule has 0 radical (unpaired) electrons. The summed E-state index contributed by atoms with van der Waals surface area (Å²) in [7, 11) is 0. The second kappa shape index (κ2) is 9.63. The summed E-state index contributed by atoms with van der Waals surface area (Å²) < 4.78 is 18.0. The molecule has 0 unspecified atom stereocenters. The van der Waals surface area contributed by atoms with E-state index in [2.05, 4.69) is 40.4 Å². The fourth-order valence-corrected chi connectivity index (χ4v) is 5.37. The molecular weight excluding hydrogens is 511 g/mol. The third kappa shape index (κ3) is 4.17. The molecule has 6 aromatic rings. The van der Waals surface area contributed by atoms with Crippen molar-refractivity contribution in [1.82, 2.24) is 44.7 Å². The molecule has 3 N–H and O–H groups in total. The maximum absolute atomic E-state index is 16.1. The Labute approximate surface area is 227 Å². The van der Waals surface area contributed by atoms with Crippen molar-refractivity contribution in [2.24, 2.45) is 5.92 Å². The number of anilines is 1. The normalized spacial score (nSPS) is 14.2. The average Bonchev–Trinajstić information content (AvgIpc) is 3.72. The quantitative estimate of drug-likeness (QED) is 0.278. The van der Waals surface area contributed by atoms with E-state index in [4.69, 9.17) is 4.98 Å². The highest BCUT2D eigenvalue weighted by Gasteiger charge is 2.23. The number of imidazole rings is 2. The van der Waals surface area contributed by atoms with E-state index in [1.54, 1.807) is 31.0 Å². The average molecular weight is 537 g/mol. The summed E-state index contributed by atoms with van der Waals surface area (Å²) in [6.07, 6.45) is 16.6. The number of halogens is 1. The van der Waals surface area contributed by atoms with Crippen LogP contribution in [-0.2, 0) is 4.79 Å². The molecule has 0 saturated heterocycles. The molecule has 40 heavy (non-hydrogen) atoms. The van der Waals surface area contributed by atoms with Gasteiger partial charge in [0.2, 0.25) is 5.91 Å². The topological polar surface area (TPSA) is 143 Å². The van der Waals surface area contributed by atoms with E-state index in [0.29, 0.717) is 39.3 Å². The number of amides is 1.